The molecule has 102 heavy (non-hydrogen) atoms. The van der Waals surface area contributed by atoms with E-state index in [4.69, 9.17) is 0 Å². The third-order valence-electron chi connectivity index (χ3n) is 25.2. The molecule has 0 aromatic heterocycles. The number of hydrogen-bond donors (Lipinski definition) is 0. The number of aryl methyl sites for hydroxylation is 17. The predicted octanol–water partition coefficient (Wildman–Crippen LogP) is 26.9. The standard InChI is InChI=1S/6C17H18/c1-10-6-8-15-16(12(10)3)9-14-7-5-11(2)13(4)17(14)15;1-10-7-12(3)17-14(8-10)9-16-13(4)11(2)5-6-15(16)17;1-10-7-12(3)15-9-16-13(4)11(2)5-6-14(16)17(15)8-10;1-10-5-6-15-16(13(10)4)9-14-7-11(2)12(3)8-17(14)15;1-10-7-8-14-16(13(10)4)9-15-11(2)5-6-12(3)17(14)15;1-10-6-5-7-14-15(10)9-16-13(4)11(2)8-12(3)17(14)16/h6*5-8H,9H2,1-4H3. The van der Waals surface area contributed by atoms with Gasteiger partial charge in [-0.3, -0.25) is 0 Å². The molecule has 0 bridgehead atoms. The highest BCUT2D eigenvalue weighted by Gasteiger charge is 2.29. The van der Waals surface area contributed by atoms with E-state index >= 15 is 0 Å². The minimum absolute atomic E-state index is 1.11. The number of hydrogen-bond acceptors (Lipinski definition) is 0. The molecule has 0 N–H and O–H groups in total. The summed E-state index contributed by atoms with van der Waals surface area (Å²) in [5.74, 6) is 0. The highest BCUT2D eigenvalue weighted by molar-refractivity contribution is 5.86. The molecule has 12 aromatic carbocycles. The summed E-state index contributed by atoms with van der Waals surface area (Å²) in [5.41, 5.74) is 70.1. The van der Waals surface area contributed by atoms with E-state index in [2.05, 4.69) is 312 Å². The van der Waals surface area contributed by atoms with Gasteiger partial charge in [-0.25, -0.2) is 0 Å². The predicted molar refractivity (Wildman–Crippen MR) is 442 cm³/mol. The van der Waals surface area contributed by atoms with Crippen molar-refractivity contribution < 1.29 is 0 Å². The summed E-state index contributed by atoms with van der Waals surface area (Å²) in [6, 6.07) is 54.8. The van der Waals surface area contributed by atoms with Crippen molar-refractivity contribution in [3.8, 4) is 66.8 Å². The molecule has 0 heterocycles. The fourth-order valence-corrected chi connectivity index (χ4v) is 17.9. The van der Waals surface area contributed by atoms with Gasteiger partial charge in [0.1, 0.15) is 0 Å². The Hall–Kier alpha value is -9.36. The zero-order chi connectivity index (χ0) is 72.9. The van der Waals surface area contributed by atoms with E-state index in [1.54, 1.807) is 5.56 Å². The van der Waals surface area contributed by atoms with Crippen molar-refractivity contribution in [3.05, 3.63) is 346 Å². The van der Waals surface area contributed by atoms with Crippen molar-refractivity contribution >= 4 is 0 Å². The van der Waals surface area contributed by atoms with Gasteiger partial charge in [0.25, 0.3) is 0 Å². The molecule has 0 unspecified atom stereocenters. The van der Waals surface area contributed by atoms with Gasteiger partial charge >= 0.3 is 0 Å². The van der Waals surface area contributed by atoms with Crippen LogP contribution in [0.3, 0.4) is 0 Å². The Morgan fingerprint density at radius 3 is 1.14 bits per heavy atom. The Labute approximate surface area is 613 Å². The lowest BCUT2D eigenvalue weighted by Crippen LogP contribution is -1.93. The first kappa shape index (κ1) is 71.1. The van der Waals surface area contributed by atoms with Crippen molar-refractivity contribution in [1.82, 2.24) is 0 Å². The van der Waals surface area contributed by atoms with Gasteiger partial charge in [-0.1, -0.05) is 157 Å². The fraction of sp³-hybridized carbons (Fsp3) is 0.294. The maximum Gasteiger partial charge on any atom is -0.000799 e. The van der Waals surface area contributed by atoms with Crippen LogP contribution >= 0.6 is 0 Å². The lowest BCUT2D eigenvalue weighted by atomic mass is 9.93. The van der Waals surface area contributed by atoms with Gasteiger partial charge < -0.3 is 0 Å². The molecule has 516 valence electrons. The first-order valence-electron chi connectivity index (χ1n) is 37.7. The zero-order valence-corrected chi connectivity index (χ0v) is 66.1. The van der Waals surface area contributed by atoms with Gasteiger partial charge in [-0.05, 0) is 461 Å². The average Bonchev–Trinajstić information content (AvgIpc) is 1.63. The van der Waals surface area contributed by atoms with Crippen molar-refractivity contribution in [2.45, 2.75) is 205 Å². The molecule has 0 amide bonds. The maximum atomic E-state index is 2.36. The van der Waals surface area contributed by atoms with Crippen LogP contribution in [0, 0.1) is 166 Å². The molecule has 0 nitrogen and oxygen atoms in total. The quantitative estimate of drug-likeness (QED) is 0.142. The van der Waals surface area contributed by atoms with Crippen LogP contribution in [-0.2, 0) is 38.5 Å². The lowest BCUT2D eigenvalue weighted by Gasteiger charge is -2.11. The Balaban J connectivity index is 0.000000109. The van der Waals surface area contributed by atoms with Gasteiger partial charge in [-0.2, -0.15) is 0 Å². The molecule has 0 radical (unpaired) electrons. The first-order chi connectivity index (χ1) is 48.5. The summed E-state index contributed by atoms with van der Waals surface area (Å²) in [4.78, 5) is 0. The highest BCUT2D eigenvalue weighted by atomic mass is 14.3. The number of benzene rings is 12. The summed E-state index contributed by atoms with van der Waals surface area (Å²) in [7, 11) is 0. The largest absolute Gasteiger partial charge is 0.0614 e. The Morgan fingerprint density at radius 2 is 0.529 bits per heavy atom. The van der Waals surface area contributed by atoms with E-state index in [0.717, 1.165) is 38.5 Å². The third-order valence-corrected chi connectivity index (χ3v) is 25.2. The van der Waals surface area contributed by atoms with E-state index in [9.17, 15) is 0 Å². The second-order valence-corrected chi connectivity index (χ2v) is 31.7. The monoisotopic (exact) mass is 1330 g/mol. The highest BCUT2D eigenvalue weighted by Crippen LogP contribution is 2.48. The second kappa shape index (κ2) is 27.8. The van der Waals surface area contributed by atoms with Crippen LogP contribution < -0.4 is 0 Å². The minimum atomic E-state index is 1.11. The van der Waals surface area contributed by atoms with Crippen LogP contribution in [0.2, 0.25) is 0 Å². The third kappa shape index (κ3) is 12.7. The second-order valence-electron chi connectivity index (χ2n) is 31.7. The Kier molecular flexibility index (Phi) is 19.3. The van der Waals surface area contributed by atoms with Crippen molar-refractivity contribution in [2.24, 2.45) is 0 Å². The summed E-state index contributed by atoms with van der Waals surface area (Å²) in [6.45, 7) is 53.4. The molecule has 0 saturated carbocycles. The van der Waals surface area contributed by atoms with Crippen molar-refractivity contribution in [2.75, 3.05) is 0 Å². The molecule has 0 spiro atoms. The molecule has 6 aliphatic carbocycles. The molecule has 0 saturated heterocycles. The topological polar surface area (TPSA) is 0 Å². The molecule has 0 atom stereocenters. The molecule has 6 aliphatic rings. The molecular weight excluding hydrogens is 1230 g/mol. The summed E-state index contributed by atoms with van der Waals surface area (Å²) >= 11 is 0. The summed E-state index contributed by atoms with van der Waals surface area (Å²) in [5, 5.41) is 0. The van der Waals surface area contributed by atoms with Crippen LogP contribution in [-0.4, -0.2) is 0 Å². The van der Waals surface area contributed by atoms with E-state index in [1.165, 1.54) is 261 Å². The Morgan fingerprint density at radius 1 is 0.157 bits per heavy atom. The zero-order valence-electron chi connectivity index (χ0n) is 66.1. The van der Waals surface area contributed by atoms with Gasteiger partial charge in [0, 0.05) is 0 Å². The van der Waals surface area contributed by atoms with E-state index < -0.39 is 0 Å². The molecule has 18 rings (SSSR count). The molecule has 0 aliphatic heterocycles. The Bertz CT molecular complexity index is 5450. The van der Waals surface area contributed by atoms with E-state index in [-0.39, 0.29) is 0 Å². The fourth-order valence-electron chi connectivity index (χ4n) is 17.9. The molecule has 0 heteroatoms. The molecular formula is C102H108. The molecule has 12 aromatic rings. The average molecular weight is 1330 g/mol. The van der Waals surface area contributed by atoms with E-state index in [0.29, 0.717) is 0 Å². The normalized spacial score (nSPS) is 12.5. The van der Waals surface area contributed by atoms with Crippen LogP contribution in [0.4, 0.5) is 0 Å². The molecule has 0 fully saturated rings. The van der Waals surface area contributed by atoms with Gasteiger partial charge in [-0.15, -0.1) is 0 Å². The smallest absolute Gasteiger partial charge is 0.000799 e. The van der Waals surface area contributed by atoms with Crippen LogP contribution in [0.25, 0.3) is 66.8 Å². The van der Waals surface area contributed by atoms with Crippen LogP contribution in [0.15, 0.2) is 146 Å². The maximum absolute atomic E-state index is 2.36. The van der Waals surface area contributed by atoms with E-state index in [1.807, 2.05) is 0 Å². The number of fused-ring (bicyclic) bond motifs is 18. The van der Waals surface area contributed by atoms with Gasteiger partial charge in [0.2, 0.25) is 0 Å². The summed E-state index contributed by atoms with van der Waals surface area (Å²) < 4.78 is 0. The van der Waals surface area contributed by atoms with Gasteiger partial charge in [0.15, 0.2) is 0 Å². The van der Waals surface area contributed by atoms with Crippen molar-refractivity contribution in [1.29, 1.82) is 0 Å². The SMILES string of the molecule is Cc1cc(C)c2c(c1)-c1ccc(C)c(C)c1C2.Cc1cc(C)c2c(c1)Cc1c-2ccc(C)c1C.Cc1cc(C)c2c(c1C)Cc1c(C)cccc1-2.Cc1cc2c(cc1C)-c1ccc(C)c(C)c1C2.Cc1ccc2c(c1C)Cc1c(C)ccc(C)c1-2.Cc1ccc2c(c1C)Cc1ccc(C)c(C)c1-2. The van der Waals surface area contributed by atoms with Crippen molar-refractivity contribution in [3.63, 3.8) is 0 Å². The first-order valence-corrected chi connectivity index (χ1v) is 37.7. The minimum Gasteiger partial charge on any atom is -0.0614 e. The number of rotatable bonds is 0. The summed E-state index contributed by atoms with van der Waals surface area (Å²) in [6.07, 6.45) is 6.68. The van der Waals surface area contributed by atoms with Crippen LogP contribution in [0.5, 0.6) is 0 Å². The van der Waals surface area contributed by atoms with Crippen LogP contribution in [0.1, 0.15) is 200 Å². The lowest BCUT2D eigenvalue weighted by molar-refractivity contribution is 1.16. The van der Waals surface area contributed by atoms with Gasteiger partial charge in [0.05, 0.1) is 0 Å².